The highest BCUT2D eigenvalue weighted by Crippen LogP contribution is 2.34. The first-order valence-corrected chi connectivity index (χ1v) is 30.0. The van der Waals surface area contributed by atoms with Crippen molar-refractivity contribution >= 4 is 52.3 Å². The van der Waals surface area contributed by atoms with Gasteiger partial charge >= 0.3 is 5.97 Å². The first-order chi connectivity index (χ1) is 39.9. The summed E-state index contributed by atoms with van der Waals surface area (Å²) >= 11 is 18.2. The standard InChI is InChI=1S/C22H27ClN2O2.C21H25ClN2O3.C18H20ClN.C6H12O2/c1-18(26)17-27-16-15-24-11-13-25(14-12-24)22(19-5-3-2-4-6-19)20-7-9-21(23)10-8-20;22-19-8-6-18(7-9-19)21(17-4-2-1-3-5-17)24-12-10-23(11-13-24)14-15-27-16-20(25)26;19-17-11-9-16(10-12-17)18(15-7-3-1-4-8-15)20-13-5-2-6-14-20;1-3-4-8-5-6(2)7/h2-10,22H,11-17H2,1H3;1-9,21H,10-16H2,(H,25,26);1,3-4,7-12,18H,2,5-6,13-14H2;3-5H2,1-2H3. The highest BCUT2D eigenvalue weighted by molar-refractivity contribution is 6.31. The van der Waals surface area contributed by atoms with Gasteiger partial charge in [-0.05, 0) is 116 Å². The van der Waals surface area contributed by atoms with Crippen LogP contribution in [0.5, 0.6) is 0 Å². The van der Waals surface area contributed by atoms with E-state index < -0.39 is 5.97 Å². The number of benzene rings is 6. The van der Waals surface area contributed by atoms with Crippen LogP contribution < -0.4 is 0 Å². The largest absolute Gasteiger partial charge is 0.480 e. The van der Waals surface area contributed by atoms with E-state index in [-0.39, 0.29) is 43.5 Å². The number of hydrogen-bond donors (Lipinski definition) is 1. The Morgan fingerprint density at radius 3 is 1.00 bits per heavy atom. The molecule has 3 atom stereocenters. The Morgan fingerprint density at radius 1 is 0.402 bits per heavy atom. The molecule has 0 aromatic heterocycles. The molecule has 0 radical (unpaired) electrons. The lowest BCUT2D eigenvalue weighted by atomic mass is 9.95. The average Bonchev–Trinajstić information content (AvgIpc) is 3.70. The summed E-state index contributed by atoms with van der Waals surface area (Å²) in [5.41, 5.74) is 7.79. The van der Waals surface area contributed by atoms with Crippen LogP contribution in [0.1, 0.15) is 98.0 Å². The number of ether oxygens (including phenoxy) is 3. The van der Waals surface area contributed by atoms with E-state index in [4.69, 9.17) is 54.1 Å². The molecule has 0 bridgehead atoms. The van der Waals surface area contributed by atoms with E-state index in [0.717, 1.165) is 86.9 Å². The number of likely N-dealkylation sites (tertiary alicyclic amines) is 1. The van der Waals surface area contributed by atoms with Gasteiger partial charge in [0.15, 0.2) is 11.6 Å². The quantitative estimate of drug-likeness (QED) is 0.0616. The third kappa shape index (κ3) is 23.4. The van der Waals surface area contributed by atoms with E-state index in [1.807, 2.05) is 49.4 Å². The molecule has 440 valence electrons. The summed E-state index contributed by atoms with van der Waals surface area (Å²) in [6, 6.07) is 57.4. The van der Waals surface area contributed by atoms with E-state index in [2.05, 4.69) is 146 Å². The monoisotopic (exact) mass is 1180 g/mol. The maximum Gasteiger partial charge on any atom is 0.329 e. The number of piperazine rings is 2. The van der Waals surface area contributed by atoms with Gasteiger partial charge in [-0.2, -0.15) is 0 Å². The molecule has 6 aromatic rings. The molecule has 1 N–H and O–H groups in total. The molecule has 12 nitrogen and oxygen atoms in total. The van der Waals surface area contributed by atoms with Gasteiger partial charge in [-0.3, -0.25) is 34.1 Å². The van der Waals surface area contributed by atoms with Gasteiger partial charge in [0.25, 0.3) is 0 Å². The fourth-order valence-electron chi connectivity index (χ4n) is 10.5. The van der Waals surface area contributed by atoms with Crippen molar-refractivity contribution in [1.82, 2.24) is 24.5 Å². The second-order valence-electron chi connectivity index (χ2n) is 20.9. The fourth-order valence-corrected chi connectivity index (χ4v) is 10.9. The van der Waals surface area contributed by atoms with E-state index in [0.29, 0.717) is 25.9 Å². The lowest BCUT2D eigenvalue weighted by Gasteiger charge is -2.39. The molecule has 3 saturated heterocycles. The number of Topliss-reactive ketones (excluding diaryl/α,β-unsaturated/α-hetero) is 2. The second kappa shape index (κ2) is 37.1. The van der Waals surface area contributed by atoms with Crippen LogP contribution in [0.3, 0.4) is 0 Å². The smallest absolute Gasteiger partial charge is 0.329 e. The minimum absolute atomic E-state index is 0.0773. The van der Waals surface area contributed by atoms with E-state index in [1.54, 1.807) is 6.92 Å². The Hall–Kier alpha value is -5.32. The number of aliphatic carboxylic acids is 1. The minimum Gasteiger partial charge on any atom is -0.480 e. The highest BCUT2D eigenvalue weighted by atomic mass is 35.5. The third-order valence-corrected chi connectivity index (χ3v) is 15.2. The van der Waals surface area contributed by atoms with Gasteiger partial charge in [0.2, 0.25) is 0 Å². The number of halogens is 3. The molecule has 15 heteroatoms. The van der Waals surface area contributed by atoms with E-state index in [1.165, 1.54) is 72.7 Å². The summed E-state index contributed by atoms with van der Waals surface area (Å²) in [6.45, 7) is 18.9. The van der Waals surface area contributed by atoms with Crippen molar-refractivity contribution in [3.8, 4) is 0 Å². The van der Waals surface area contributed by atoms with Crippen LogP contribution in [-0.2, 0) is 28.6 Å². The number of ketones is 2. The second-order valence-corrected chi connectivity index (χ2v) is 22.2. The van der Waals surface area contributed by atoms with Gasteiger partial charge < -0.3 is 19.3 Å². The van der Waals surface area contributed by atoms with Crippen LogP contribution in [0.4, 0.5) is 0 Å². The SMILES string of the molecule is CC(=O)COCCN1CCN(C(c2ccccc2)c2ccc(Cl)cc2)CC1.CCCOCC(C)=O.Clc1ccc(C(c2ccccc2)N2CCCCC2)cc1.O=C(O)COCCN1CCN(C(c2ccccc2)c2ccc(Cl)cc2)CC1. The Bertz CT molecular complexity index is 2580. The number of carbonyl (C=O) groups excluding carboxylic acids is 2. The number of nitrogens with zero attached hydrogens (tertiary/aromatic N) is 5. The van der Waals surface area contributed by atoms with Crippen LogP contribution in [0.25, 0.3) is 0 Å². The zero-order valence-corrected chi connectivity index (χ0v) is 50.4. The van der Waals surface area contributed by atoms with Crippen LogP contribution in [0, 0.1) is 0 Å². The predicted molar refractivity (Wildman–Crippen MR) is 332 cm³/mol. The van der Waals surface area contributed by atoms with Crippen LogP contribution in [-0.4, -0.2) is 165 Å². The zero-order valence-electron chi connectivity index (χ0n) is 48.1. The Morgan fingerprint density at radius 2 is 0.695 bits per heavy atom. The number of carboxylic acid groups (broad SMARTS) is 1. The van der Waals surface area contributed by atoms with Gasteiger partial charge in [0.05, 0.1) is 31.3 Å². The molecular formula is C67H84Cl3N5O7. The van der Waals surface area contributed by atoms with Gasteiger partial charge in [-0.15, -0.1) is 0 Å². The van der Waals surface area contributed by atoms with Crippen LogP contribution in [0.15, 0.2) is 164 Å². The Balaban J connectivity index is 0.000000187. The molecule has 3 fully saturated rings. The molecule has 0 aliphatic carbocycles. The van der Waals surface area contributed by atoms with Crippen molar-refractivity contribution in [2.75, 3.05) is 118 Å². The summed E-state index contributed by atoms with van der Waals surface area (Å²) in [7, 11) is 0. The van der Waals surface area contributed by atoms with Gasteiger partial charge in [-0.25, -0.2) is 4.79 Å². The van der Waals surface area contributed by atoms with Gasteiger partial charge in [-0.1, -0.05) is 176 Å². The molecule has 3 heterocycles. The van der Waals surface area contributed by atoms with Gasteiger partial charge in [0.1, 0.15) is 19.8 Å². The first-order valence-electron chi connectivity index (χ1n) is 28.9. The summed E-state index contributed by atoms with van der Waals surface area (Å²) in [6.07, 6.45) is 4.94. The number of carbonyl (C=O) groups is 3. The molecule has 3 aliphatic rings. The highest BCUT2D eigenvalue weighted by Gasteiger charge is 2.28. The lowest BCUT2D eigenvalue weighted by molar-refractivity contribution is -0.142. The van der Waals surface area contributed by atoms with Crippen molar-refractivity contribution in [1.29, 1.82) is 0 Å². The van der Waals surface area contributed by atoms with Crippen molar-refractivity contribution < 1.29 is 33.7 Å². The normalized spacial score (nSPS) is 16.4. The minimum atomic E-state index is -0.923. The maximum absolute atomic E-state index is 10.9. The topological polar surface area (TPSA) is 115 Å². The first kappa shape index (κ1) is 65.8. The zero-order chi connectivity index (χ0) is 58.3. The Kier molecular flexibility index (Phi) is 29.8. The molecule has 0 spiro atoms. The Labute approximate surface area is 502 Å². The molecule has 3 unspecified atom stereocenters. The number of rotatable bonds is 23. The molecule has 0 saturated carbocycles. The third-order valence-electron chi connectivity index (χ3n) is 14.5. The van der Waals surface area contributed by atoms with Crippen LogP contribution >= 0.6 is 34.8 Å². The summed E-state index contributed by atoms with van der Waals surface area (Å²) in [5.74, 6) is -0.750. The fraction of sp³-hybridized carbons (Fsp3) is 0.418. The molecule has 3 aliphatic heterocycles. The molecular weight excluding hydrogens is 1090 g/mol. The van der Waals surface area contributed by atoms with Crippen molar-refractivity contribution in [2.45, 2.75) is 64.6 Å². The van der Waals surface area contributed by atoms with Crippen LogP contribution in [0.2, 0.25) is 15.1 Å². The summed E-state index contributed by atoms with van der Waals surface area (Å²) < 4.78 is 15.5. The predicted octanol–water partition coefficient (Wildman–Crippen LogP) is 12.7. The number of hydrogen-bond acceptors (Lipinski definition) is 11. The van der Waals surface area contributed by atoms with Crippen molar-refractivity contribution in [2.24, 2.45) is 0 Å². The molecule has 0 amide bonds. The summed E-state index contributed by atoms with van der Waals surface area (Å²) in [5, 5.41) is 10.9. The molecule has 6 aromatic carbocycles. The van der Waals surface area contributed by atoms with Crippen molar-refractivity contribution in [3.05, 3.63) is 212 Å². The lowest BCUT2D eigenvalue weighted by Crippen LogP contribution is -2.48. The molecule has 9 rings (SSSR count). The maximum atomic E-state index is 10.9. The van der Waals surface area contributed by atoms with Crippen molar-refractivity contribution in [3.63, 3.8) is 0 Å². The van der Waals surface area contributed by atoms with E-state index >= 15 is 0 Å². The van der Waals surface area contributed by atoms with E-state index in [9.17, 15) is 14.4 Å². The summed E-state index contributed by atoms with van der Waals surface area (Å²) in [4.78, 5) is 44.0. The molecule has 82 heavy (non-hydrogen) atoms. The number of piperidine rings is 1. The average molecular weight is 1180 g/mol. The van der Waals surface area contributed by atoms with Gasteiger partial charge in [0, 0.05) is 87.1 Å². The number of carboxylic acids is 1.